The van der Waals surface area contributed by atoms with Crippen molar-refractivity contribution in [2.45, 2.75) is 36.6 Å². The van der Waals surface area contributed by atoms with E-state index in [1.54, 1.807) is 18.3 Å². The van der Waals surface area contributed by atoms with Crippen molar-refractivity contribution in [3.63, 3.8) is 0 Å². The molecule has 2 aliphatic heterocycles. The zero-order valence-corrected chi connectivity index (χ0v) is 24.3. The standard InChI is InChI=1S/C25H25BrN5O4S.Mo/c1-16-12-17(20-4-2-3-5-23(20)32)13-24(31-22(16)6-9-28-31)29-18-7-10-30(11-8-18)36(34,35)19-14-21(26)25(33)27-15-19;/h2-5,9,12-16,18,29,32H,7-8,10-11H2,1H3,(H,27,33);/q-1;/t16-;/m1./s1. The maximum atomic E-state index is 13.1. The van der Waals surface area contributed by atoms with E-state index in [-0.39, 0.29) is 53.7 Å². The first kappa shape index (κ1) is 27.6. The number of hydrogen-bond acceptors (Lipinski definition) is 6. The van der Waals surface area contributed by atoms with Crippen molar-refractivity contribution in [2.75, 3.05) is 13.1 Å². The number of rotatable bonds is 5. The molecule has 9 nitrogen and oxygen atoms in total. The topological polar surface area (TPSA) is 120 Å². The smallest absolute Gasteiger partial charge is 0.262 e. The number of H-pyrrole nitrogens is 1. The summed E-state index contributed by atoms with van der Waals surface area (Å²) in [5.74, 6) is 0.958. The summed E-state index contributed by atoms with van der Waals surface area (Å²) < 4.78 is 29.6. The number of fused-ring (bicyclic) bond motifs is 1. The molecule has 1 aromatic carbocycles. The van der Waals surface area contributed by atoms with Gasteiger partial charge in [0.1, 0.15) is 11.6 Å². The van der Waals surface area contributed by atoms with E-state index in [2.05, 4.69) is 50.4 Å². The number of phenolic OH excluding ortho intramolecular Hbond substituents is 1. The van der Waals surface area contributed by atoms with Crippen LogP contribution >= 0.6 is 15.9 Å². The molecule has 0 amide bonds. The van der Waals surface area contributed by atoms with Crippen molar-refractivity contribution in [3.05, 3.63) is 87.0 Å². The molecule has 4 heterocycles. The fourth-order valence-corrected chi connectivity index (χ4v) is 6.55. The summed E-state index contributed by atoms with van der Waals surface area (Å²) >= 11 is 3.10. The van der Waals surface area contributed by atoms with Crippen LogP contribution in [0.5, 0.6) is 5.75 Å². The average Bonchev–Trinajstić information content (AvgIpc) is 3.31. The van der Waals surface area contributed by atoms with Crippen LogP contribution in [0.3, 0.4) is 0 Å². The average molecular weight is 667 g/mol. The van der Waals surface area contributed by atoms with E-state index >= 15 is 0 Å². The van der Waals surface area contributed by atoms with Gasteiger partial charge in [0.05, 0.1) is 9.37 Å². The molecule has 2 aromatic heterocycles. The largest absolute Gasteiger partial charge is 0.507 e. The molecule has 0 spiro atoms. The quantitative estimate of drug-likeness (QED) is 0.284. The van der Waals surface area contributed by atoms with E-state index in [1.807, 2.05) is 22.9 Å². The van der Waals surface area contributed by atoms with Crippen molar-refractivity contribution < 1.29 is 34.6 Å². The monoisotopic (exact) mass is 668 g/mol. The fourth-order valence-electron chi connectivity index (χ4n) is 4.57. The van der Waals surface area contributed by atoms with Gasteiger partial charge >= 0.3 is 0 Å². The maximum Gasteiger partial charge on any atom is 0.262 e. The molecule has 0 unspecified atom stereocenters. The number of hydrogen-bond donors (Lipinski definition) is 3. The molecule has 0 saturated carbocycles. The minimum absolute atomic E-state index is 0. The molecule has 1 fully saturated rings. The molecule has 0 radical (unpaired) electrons. The maximum absolute atomic E-state index is 13.1. The molecular weight excluding hydrogens is 642 g/mol. The minimum Gasteiger partial charge on any atom is -0.507 e. The van der Waals surface area contributed by atoms with Crippen LogP contribution in [0.25, 0.3) is 11.4 Å². The first-order valence-electron chi connectivity index (χ1n) is 11.6. The molecule has 3 aromatic rings. The van der Waals surface area contributed by atoms with Crippen molar-refractivity contribution >= 4 is 37.3 Å². The van der Waals surface area contributed by atoms with Crippen LogP contribution in [0, 0.1) is 6.07 Å². The molecule has 37 heavy (non-hydrogen) atoms. The normalized spacial score (nSPS) is 18.7. The zero-order chi connectivity index (χ0) is 25.4. The van der Waals surface area contributed by atoms with Gasteiger partial charge in [-0.1, -0.05) is 31.2 Å². The van der Waals surface area contributed by atoms with Gasteiger partial charge in [0.15, 0.2) is 0 Å². The Morgan fingerprint density at radius 1 is 1.24 bits per heavy atom. The number of phenols is 1. The van der Waals surface area contributed by atoms with Crippen LogP contribution in [-0.4, -0.2) is 51.7 Å². The van der Waals surface area contributed by atoms with E-state index in [0.717, 1.165) is 22.7 Å². The molecule has 1 atom stereocenters. The molecule has 12 heteroatoms. The molecule has 0 aliphatic carbocycles. The van der Waals surface area contributed by atoms with Gasteiger partial charge in [0.2, 0.25) is 10.0 Å². The van der Waals surface area contributed by atoms with E-state index in [1.165, 1.54) is 16.6 Å². The van der Waals surface area contributed by atoms with Crippen molar-refractivity contribution in [1.29, 1.82) is 0 Å². The number of nitrogens with one attached hydrogen (secondary N) is 2. The summed E-state index contributed by atoms with van der Waals surface area (Å²) in [5, 5.41) is 18.5. The number of sulfonamides is 1. The van der Waals surface area contributed by atoms with Crippen molar-refractivity contribution in [1.82, 2.24) is 24.4 Å². The summed E-state index contributed by atoms with van der Waals surface area (Å²) in [6.45, 7) is 2.72. The van der Waals surface area contributed by atoms with Crippen LogP contribution in [0.2, 0.25) is 0 Å². The zero-order valence-electron chi connectivity index (χ0n) is 19.9. The second-order valence-electron chi connectivity index (χ2n) is 8.88. The van der Waals surface area contributed by atoms with Gasteiger partial charge < -0.3 is 21.5 Å². The number of piperidine rings is 1. The molecule has 3 N–H and O–H groups in total. The number of aromatic nitrogens is 3. The Morgan fingerprint density at radius 3 is 2.68 bits per heavy atom. The minimum atomic E-state index is -3.73. The van der Waals surface area contributed by atoms with E-state index in [9.17, 15) is 18.3 Å². The summed E-state index contributed by atoms with van der Waals surface area (Å²) in [6.07, 6.45) is 8.08. The molecule has 194 valence electrons. The van der Waals surface area contributed by atoms with Crippen LogP contribution in [-0.2, 0) is 31.1 Å². The van der Waals surface area contributed by atoms with Gasteiger partial charge in [-0.2, -0.15) is 4.31 Å². The summed E-state index contributed by atoms with van der Waals surface area (Å²) in [6, 6.07) is 11.8. The predicted octanol–water partition coefficient (Wildman–Crippen LogP) is 3.28. The Labute approximate surface area is 237 Å². The Morgan fingerprint density at radius 2 is 1.97 bits per heavy atom. The SMILES string of the molecule is C[C@@H]1C=C(c2ccccc2O)C=C(NC2CCN(S(=O)(=O)c3c[nH]c(=O)c(Br)c3)CC2)n2nc[c-]c21.[Mo]. The third-order valence-electron chi connectivity index (χ3n) is 6.49. The van der Waals surface area contributed by atoms with Crippen LogP contribution in [0.15, 0.2) is 69.0 Å². The first-order valence-corrected chi connectivity index (χ1v) is 13.8. The van der Waals surface area contributed by atoms with Crippen LogP contribution in [0.4, 0.5) is 0 Å². The summed E-state index contributed by atoms with van der Waals surface area (Å²) in [5.41, 5.74) is 2.10. The van der Waals surface area contributed by atoms with Gasteiger partial charge in [-0.05, 0) is 58.5 Å². The summed E-state index contributed by atoms with van der Waals surface area (Å²) in [4.78, 5) is 14.1. The van der Waals surface area contributed by atoms with Crippen molar-refractivity contribution in [3.8, 4) is 5.75 Å². The van der Waals surface area contributed by atoms with E-state index in [4.69, 9.17) is 0 Å². The molecule has 0 bridgehead atoms. The predicted molar refractivity (Wildman–Crippen MR) is 140 cm³/mol. The number of allylic oxidation sites excluding steroid dienone is 3. The van der Waals surface area contributed by atoms with Gasteiger partial charge in [0, 0.05) is 52.0 Å². The van der Waals surface area contributed by atoms with Gasteiger partial charge in [-0.3, -0.25) is 9.48 Å². The Balaban J connectivity index is 0.00000320. The van der Waals surface area contributed by atoms with E-state index in [0.29, 0.717) is 25.9 Å². The van der Waals surface area contributed by atoms with Gasteiger partial charge in [-0.25, -0.2) is 13.5 Å². The summed E-state index contributed by atoms with van der Waals surface area (Å²) in [7, 11) is -3.73. The molecular formula is C25H25BrMoN5O4S-. The Bertz CT molecular complexity index is 1520. The number of pyridine rings is 1. The second-order valence-corrected chi connectivity index (χ2v) is 11.7. The number of para-hydroxylation sites is 1. The second kappa shape index (κ2) is 11.1. The van der Waals surface area contributed by atoms with Gasteiger partial charge in [-0.15, -0.1) is 11.9 Å². The Hall–Kier alpha value is -2.46. The number of aromatic amines is 1. The number of benzene rings is 1. The van der Waals surface area contributed by atoms with Crippen molar-refractivity contribution in [2.24, 2.45) is 0 Å². The third kappa shape index (κ3) is 5.55. The van der Waals surface area contributed by atoms with Crippen LogP contribution < -0.4 is 10.9 Å². The number of nitrogens with zero attached hydrogens (tertiary/aromatic N) is 3. The Kier molecular flexibility index (Phi) is 8.28. The first-order chi connectivity index (χ1) is 17.2. The third-order valence-corrected chi connectivity index (χ3v) is 8.95. The fraction of sp³-hybridized carbons (Fsp3) is 0.280. The molecule has 5 rings (SSSR count). The molecule has 2 aliphatic rings. The van der Waals surface area contributed by atoms with Crippen LogP contribution in [0.1, 0.15) is 36.9 Å². The number of aromatic hydroxyl groups is 1. The molecule has 1 saturated heterocycles. The van der Waals surface area contributed by atoms with E-state index < -0.39 is 10.0 Å². The van der Waals surface area contributed by atoms with Gasteiger partial charge in [0.25, 0.3) is 5.56 Å². The number of halogens is 1.